The largest absolute Gasteiger partial charge is 0.198 e. The van der Waals surface area contributed by atoms with Crippen LogP contribution < -0.4 is 0 Å². The summed E-state index contributed by atoms with van der Waals surface area (Å²) in [4.78, 5) is 0. The number of rotatable bonds is 0. The third-order valence-corrected chi connectivity index (χ3v) is 1.73. The van der Waals surface area contributed by atoms with Crippen molar-refractivity contribution >= 4 is 32.9 Å². The Kier molecular flexibility index (Phi) is 8.48. The molecule has 0 saturated carbocycles. The van der Waals surface area contributed by atoms with E-state index < -0.39 is 0 Å². The number of benzene rings is 1. The van der Waals surface area contributed by atoms with Gasteiger partial charge >= 0.3 is 0 Å². The van der Waals surface area contributed by atoms with Gasteiger partial charge < -0.3 is 0 Å². The van der Waals surface area contributed by atoms with E-state index in [0.717, 1.165) is 10.0 Å². The van der Waals surface area contributed by atoms with Crippen molar-refractivity contribution in [3.8, 4) is 0 Å². The molecule has 0 aliphatic heterocycles. The molecule has 0 fully saturated rings. The normalized spacial score (nSPS) is 7.30. The van der Waals surface area contributed by atoms with Gasteiger partial charge in [0.2, 0.25) is 0 Å². The van der Waals surface area contributed by atoms with Crippen molar-refractivity contribution in [1.82, 2.24) is 0 Å². The summed E-state index contributed by atoms with van der Waals surface area (Å²) in [5.41, 5.74) is 1.03. The topological polar surface area (TPSA) is 0 Å². The van der Waals surface area contributed by atoms with Crippen LogP contribution in [0.25, 0.3) is 0 Å². The fourth-order valence-corrected chi connectivity index (χ4v) is 0.783. The molecule has 0 atom stereocenters. The third kappa shape index (κ3) is 3.75. The molecule has 1 aromatic rings. The zero-order valence-corrected chi connectivity index (χ0v) is 11.8. The average Bonchev–Trinajstić information content (AvgIpc) is 1.77. The van der Waals surface area contributed by atoms with Gasteiger partial charge in [0.25, 0.3) is 0 Å². The third-order valence-electron chi connectivity index (χ3n) is 0.958. The second-order valence-corrected chi connectivity index (χ2v) is 2.45. The maximum atomic E-state index is 3.77. The Morgan fingerprint density at radius 1 is 1.20 bits per heavy atom. The quantitative estimate of drug-likeness (QED) is 0.509. The van der Waals surface area contributed by atoms with E-state index in [1.165, 1.54) is 0 Å². The molecule has 0 unspecified atom stereocenters. The van der Waals surface area contributed by atoms with Crippen LogP contribution in [0.15, 0.2) is 28.7 Å². The molecule has 0 radical (unpaired) electrons. The molecular weight excluding hydrogens is 309 g/mol. The first-order valence-electron chi connectivity index (χ1n) is 2.37. The average molecular weight is 316 g/mol. The molecule has 0 saturated heterocycles. The van der Waals surface area contributed by atoms with Crippen molar-refractivity contribution in [2.45, 2.75) is 0 Å². The number of halogens is 2. The van der Waals surface area contributed by atoms with Crippen molar-refractivity contribution in [3.05, 3.63) is 41.2 Å². The summed E-state index contributed by atoms with van der Waals surface area (Å²) in [6.45, 7) is 3.77. The summed E-state index contributed by atoms with van der Waals surface area (Å²) in [5, 5.41) is 0. The van der Waals surface area contributed by atoms with Crippen LogP contribution in [0.1, 0.15) is 5.56 Å². The van der Waals surface area contributed by atoms with Crippen LogP contribution >= 0.6 is 32.9 Å². The van der Waals surface area contributed by atoms with E-state index in [1.54, 1.807) is 0 Å². The zero-order chi connectivity index (χ0) is 5.98. The van der Waals surface area contributed by atoms with Crippen molar-refractivity contribution in [2.24, 2.45) is 0 Å². The first-order valence-corrected chi connectivity index (χ1v) is 3.16. The predicted molar refractivity (Wildman–Crippen MR) is 48.9 cm³/mol. The van der Waals surface area contributed by atoms with Crippen molar-refractivity contribution < 1.29 is 19.5 Å². The van der Waals surface area contributed by atoms with E-state index in [1.807, 2.05) is 24.3 Å². The Hall–Kier alpha value is 0.673. The van der Waals surface area contributed by atoms with Gasteiger partial charge in [0.1, 0.15) is 0 Å². The van der Waals surface area contributed by atoms with Crippen molar-refractivity contribution in [2.75, 3.05) is 0 Å². The molecule has 0 heterocycles. The van der Waals surface area contributed by atoms with Gasteiger partial charge in [-0.1, -0.05) is 10.5 Å². The SMILES string of the molecule is Br.[CH2-]c1ccccc1Br.[Zn]. The fraction of sp³-hybridized carbons (Fsp3) is 0. The molecule has 0 nitrogen and oxygen atoms in total. The summed E-state index contributed by atoms with van der Waals surface area (Å²) >= 11 is 3.33. The molecule has 0 amide bonds. The Morgan fingerprint density at radius 3 is 2.00 bits per heavy atom. The summed E-state index contributed by atoms with van der Waals surface area (Å²) in [7, 11) is 0. The molecule has 0 aromatic heterocycles. The molecular formula is C7H7Br2Zn-. The van der Waals surface area contributed by atoms with Crippen LogP contribution in [0.2, 0.25) is 0 Å². The van der Waals surface area contributed by atoms with Gasteiger partial charge in [-0.15, -0.1) is 45.0 Å². The van der Waals surface area contributed by atoms with E-state index in [2.05, 4.69) is 22.9 Å². The fourth-order valence-electron chi connectivity index (χ4n) is 0.498. The van der Waals surface area contributed by atoms with Crippen molar-refractivity contribution in [1.29, 1.82) is 0 Å². The van der Waals surface area contributed by atoms with Gasteiger partial charge in [0, 0.05) is 19.5 Å². The maximum absolute atomic E-state index is 3.77. The van der Waals surface area contributed by atoms with E-state index in [4.69, 9.17) is 0 Å². The molecule has 1 rings (SSSR count). The van der Waals surface area contributed by atoms with Crippen LogP contribution in [0.5, 0.6) is 0 Å². The Bertz CT molecular complexity index is 168. The molecule has 0 spiro atoms. The first kappa shape index (κ1) is 13.3. The second-order valence-electron chi connectivity index (χ2n) is 1.59. The number of hydrogen-bond acceptors (Lipinski definition) is 0. The Labute approximate surface area is 93.1 Å². The molecule has 52 valence electrons. The summed E-state index contributed by atoms with van der Waals surface area (Å²) in [6.07, 6.45) is 0. The standard InChI is InChI=1S/C7H6Br.BrH.Zn/c1-6-4-2-3-5-7(6)8;;/h2-5H,1H2;1H;/q-1;;. The van der Waals surface area contributed by atoms with Crippen molar-refractivity contribution in [3.63, 3.8) is 0 Å². The molecule has 3 heteroatoms. The molecule has 1 aromatic carbocycles. The van der Waals surface area contributed by atoms with Gasteiger partial charge in [0.05, 0.1) is 0 Å². The van der Waals surface area contributed by atoms with E-state index in [0.29, 0.717) is 0 Å². The minimum atomic E-state index is 0. The van der Waals surface area contributed by atoms with E-state index >= 15 is 0 Å². The molecule has 0 bridgehead atoms. The first-order chi connectivity index (χ1) is 3.80. The van der Waals surface area contributed by atoms with Gasteiger partial charge in [-0.05, 0) is 0 Å². The van der Waals surface area contributed by atoms with Crippen LogP contribution in [0, 0.1) is 6.92 Å². The van der Waals surface area contributed by atoms with Gasteiger partial charge in [0.15, 0.2) is 0 Å². The van der Waals surface area contributed by atoms with Crippen LogP contribution in [-0.2, 0) is 19.5 Å². The van der Waals surface area contributed by atoms with Gasteiger partial charge in [-0.25, -0.2) is 0 Å². The Morgan fingerprint density at radius 2 is 1.70 bits per heavy atom. The molecule has 10 heavy (non-hydrogen) atoms. The molecule has 0 aliphatic carbocycles. The summed E-state index contributed by atoms with van der Waals surface area (Å²) < 4.78 is 1.07. The Balaban J connectivity index is 0. The maximum Gasteiger partial charge on any atom is 0 e. The molecule has 0 aliphatic rings. The number of hydrogen-bond donors (Lipinski definition) is 0. The van der Waals surface area contributed by atoms with E-state index in [9.17, 15) is 0 Å². The minimum Gasteiger partial charge on any atom is -0.198 e. The van der Waals surface area contributed by atoms with Gasteiger partial charge in [-0.2, -0.15) is 18.6 Å². The smallest absolute Gasteiger partial charge is 0 e. The monoisotopic (exact) mass is 313 g/mol. The zero-order valence-electron chi connectivity index (χ0n) is 5.51. The summed E-state index contributed by atoms with van der Waals surface area (Å²) in [5.74, 6) is 0. The minimum absolute atomic E-state index is 0. The van der Waals surface area contributed by atoms with Crippen LogP contribution in [0.4, 0.5) is 0 Å². The van der Waals surface area contributed by atoms with Gasteiger partial charge in [-0.3, -0.25) is 0 Å². The van der Waals surface area contributed by atoms with E-state index in [-0.39, 0.29) is 36.5 Å². The van der Waals surface area contributed by atoms with Crippen LogP contribution in [0.3, 0.4) is 0 Å². The molecule has 0 N–H and O–H groups in total. The predicted octanol–water partition coefficient (Wildman–Crippen LogP) is 3.21. The summed E-state index contributed by atoms with van der Waals surface area (Å²) in [6, 6.07) is 7.87. The second kappa shape index (κ2) is 6.39. The van der Waals surface area contributed by atoms with Crippen LogP contribution in [-0.4, -0.2) is 0 Å².